The molecule has 1 aliphatic heterocycles. The molecule has 11 rings (SSSR count). The van der Waals surface area contributed by atoms with Crippen LogP contribution in [0.5, 0.6) is 0 Å². The Morgan fingerprint density at radius 2 is 0.855 bits per heavy atom. The van der Waals surface area contributed by atoms with Gasteiger partial charge >= 0.3 is 0 Å². The van der Waals surface area contributed by atoms with Crippen LogP contribution in [0.3, 0.4) is 0 Å². The second-order valence-electron chi connectivity index (χ2n) is 15.3. The number of para-hydroxylation sites is 4. The van der Waals surface area contributed by atoms with E-state index in [2.05, 4.69) is 211 Å². The summed E-state index contributed by atoms with van der Waals surface area (Å²) in [6.07, 6.45) is 0. The lowest BCUT2D eigenvalue weighted by molar-refractivity contribution is 0.630. The molecule has 55 heavy (non-hydrogen) atoms. The van der Waals surface area contributed by atoms with Gasteiger partial charge in [0.25, 0.3) is 0 Å². The van der Waals surface area contributed by atoms with Crippen LogP contribution >= 0.6 is 0 Å². The maximum atomic E-state index is 5.34. The highest BCUT2D eigenvalue weighted by Crippen LogP contribution is 2.53. The summed E-state index contributed by atoms with van der Waals surface area (Å²) in [6.45, 7) is 6.88. The van der Waals surface area contributed by atoms with E-state index in [1.54, 1.807) is 0 Å². The van der Waals surface area contributed by atoms with E-state index in [0.29, 0.717) is 0 Å². The van der Waals surface area contributed by atoms with Crippen LogP contribution < -0.4 is 4.90 Å². The second-order valence-corrected chi connectivity index (χ2v) is 15.3. The summed E-state index contributed by atoms with van der Waals surface area (Å²) in [5.41, 5.74) is 14.9. The van der Waals surface area contributed by atoms with Gasteiger partial charge in [-0.25, -0.2) is 4.98 Å². The Balaban J connectivity index is 1.16. The first kappa shape index (κ1) is 31.6. The number of aromatic nitrogens is 3. The van der Waals surface area contributed by atoms with E-state index in [4.69, 9.17) is 4.98 Å². The highest BCUT2D eigenvalue weighted by molar-refractivity contribution is 6.10. The number of benzene rings is 7. The number of nitrogens with zero attached hydrogens (tertiary/aromatic N) is 4. The van der Waals surface area contributed by atoms with Crippen LogP contribution in [0, 0.1) is 6.92 Å². The van der Waals surface area contributed by atoms with Crippen LogP contribution in [-0.4, -0.2) is 14.1 Å². The Bertz CT molecular complexity index is 2870. The molecule has 4 heterocycles. The molecule has 3 aromatic heterocycles. The lowest BCUT2D eigenvalue weighted by atomic mass is 9.73. The first-order valence-electron chi connectivity index (χ1n) is 19.1. The molecule has 4 nitrogen and oxygen atoms in total. The van der Waals surface area contributed by atoms with Crippen LogP contribution in [0.1, 0.15) is 30.7 Å². The summed E-state index contributed by atoms with van der Waals surface area (Å²) in [6, 6.07) is 64.0. The third-order valence-corrected chi connectivity index (χ3v) is 11.9. The first-order valence-corrected chi connectivity index (χ1v) is 19.1. The Labute approximate surface area is 320 Å². The standard InChI is InChI=1S/C51H38N4/c1-33-37(34-15-5-4-6-16-34)27-30-50(52-33)55-48-28-25-35(53-44-21-11-7-17-38(44)39-18-8-12-22-45(39)53)31-42(48)51(2,3)43-32-36(26-29-49(43)55)54-46-23-13-9-19-40(46)41-20-10-14-24-47(41)54/h4-32H,1-3H3. The molecule has 0 bridgehead atoms. The Hall–Kier alpha value is -6.91. The van der Waals surface area contributed by atoms with Gasteiger partial charge in [0, 0.05) is 49.6 Å². The molecule has 262 valence electrons. The van der Waals surface area contributed by atoms with Gasteiger partial charge in [0.15, 0.2) is 0 Å². The van der Waals surface area contributed by atoms with Crippen molar-refractivity contribution in [2.24, 2.45) is 0 Å². The topological polar surface area (TPSA) is 26.0 Å². The number of rotatable bonds is 4. The van der Waals surface area contributed by atoms with Crippen LogP contribution in [0.25, 0.3) is 66.1 Å². The minimum absolute atomic E-state index is 0.344. The highest BCUT2D eigenvalue weighted by atomic mass is 15.2. The van der Waals surface area contributed by atoms with Gasteiger partial charge in [-0.15, -0.1) is 0 Å². The predicted octanol–water partition coefficient (Wildman–Crippen LogP) is 13.4. The average Bonchev–Trinajstić information content (AvgIpc) is 3.74. The van der Waals surface area contributed by atoms with E-state index in [1.807, 2.05) is 0 Å². The van der Waals surface area contributed by atoms with Gasteiger partial charge in [0.2, 0.25) is 0 Å². The third kappa shape index (κ3) is 4.61. The molecule has 0 saturated carbocycles. The molecule has 0 unspecified atom stereocenters. The van der Waals surface area contributed by atoms with Crippen molar-refractivity contribution in [3.05, 3.63) is 193 Å². The molecule has 0 radical (unpaired) electrons. The predicted molar refractivity (Wildman–Crippen MR) is 230 cm³/mol. The normalized spacial score (nSPS) is 13.5. The molecule has 0 N–H and O–H groups in total. The summed E-state index contributed by atoms with van der Waals surface area (Å²) in [4.78, 5) is 7.72. The lowest BCUT2D eigenvalue weighted by Gasteiger charge is -2.42. The number of hydrogen-bond acceptors (Lipinski definition) is 2. The van der Waals surface area contributed by atoms with Crippen molar-refractivity contribution in [1.82, 2.24) is 14.1 Å². The summed E-state index contributed by atoms with van der Waals surface area (Å²) in [5.74, 6) is 0.907. The van der Waals surface area contributed by atoms with Gasteiger partial charge in [-0.05, 0) is 96.4 Å². The number of fused-ring (bicyclic) bond motifs is 8. The molecule has 4 heteroatoms. The van der Waals surface area contributed by atoms with Gasteiger partial charge in [-0.2, -0.15) is 0 Å². The molecular weight excluding hydrogens is 669 g/mol. The van der Waals surface area contributed by atoms with Crippen molar-refractivity contribution in [1.29, 1.82) is 0 Å². The van der Waals surface area contributed by atoms with Crippen molar-refractivity contribution >= 4 is 60.8 Å². The van der Waals surface area contributed by atoms with Gasteiger partial charge in [0.1, 0.15) is 5.82 Å². The van der Waals surface area contributed by atoms with E-state index in [1.165, 1.54) is 60.3 Å². The van der Waals surface area contributed by atoms with Crippen molar-refractivity contribution in [3.63, 3.8) is 0 Å². The van der Waals surface area contributed by atoms with Crippen LogP contribution in [0.4, 0.5) is 17.2 Å². The summed E-state index contributed by atoms with van der Waals surface area (Å²) in [7, 11) is 0. The third-order valence-electron chi connectivity index (χ3n) is 11.9. The average molecular weight is 707 g/mol. The minimum atomic E-state index is -0.344. The Morgan fingerprint density at radius 3 is 1.29 bits per heavy atom. The van der Waals surface area contributed by atoms with Gasteiger partial charge < -0.3 is 9.13 Å². The van der Waals surface area contributed by atoms with Crippen LogP contribution in [0.2, 0.25) is 0 Å². The SMILES string of the molecule is Cc1nc(N2c3ccc(-n4c5ccccc5c5ccccc54)cc3C(C)(C)c3cc(-n4c5ccccc5c5ccccc54)ccc32)ccc1-c1ccccc1. The molecule has 0 saturated heterocycles. The number of hydrogen-bond donors (Lipinski definition) is 0. The van der Waals surface area contributed by atoms with Crippen molar-refractivity contribution < 1.29 is 0 Å². The van der Waals surface area contributed by atoms with Crippen molar-refractivity contribution in [2.45, 2.75) is 26.2 Å². The highest BCUT2D eigenvalue weighted by Gasteiger charge is 2.38. The largest absolute Gasteiger partial charge is 0.309 e. The molecule has 10 aromatic rings. The van der Waals surface area contributed by atoms with Gasteiger partial charge in [-0.3, -0.25) is 4.90 Å². The summed E-state index contributed by atoms with van der Waals surface area (Å²) < 4.78 is 4.85. The number of anilines is 3. The zero-order valence-corrected chi connectivity index (χ0v) is 31.0. The maximum Gasteiger partial charge on any atom is 0.137 e. The van der Waals surface area contributed by atoms with Crippen LogP contribution in [0.15, 0.2) is 176 Å². The minimum Gasteiger partial charge on any atom is -0.309 e. The fourth-order valence-corrected chi connectivity index (χ4v) is 9.24. The first-order chi connectivity index (χ1) is 27.0. The van der Waals surface area contributed by atoms with E-state index >= 15 is 0 Å². The van der Waals surface area contributed by atoms with E-state index < -0.39 is 0 Å². The monoisotopic (exact) mass is 706 g/mol. The molecular formula is C51H38N4. The molecule has 1 aliphatic rings. The lowest BCUT2D eigenvalue weighted by Crippen LogP contribution is -2.31. The number of aryl methyl sites for hydroxylation is 1. The van der Waals surface area contributed by atoms with E-state index in [-0.39, 0.29) is 5.41 Å². The summed E-state index contributed by atoms with van der Waals surface area (Å²) >= 11 is 0. The fraction of sp³-hybridized carbons (Fsp3) is 0.0784. The van der Waals surface area contributed by atoms with Gasteiger partial charge in [0.05, 0.1) is 33.4 Å². The second kappa shape index (κ2) is 11.8. The quantitative estimate of drug-likeness (QED) is 0.182. The van der Waals surface area contributed by atoms with Crippen molar-refractivity contribution in [2.75, 3.05) is 4.90 Å². The molecule has 7 aromatic carbocycles. The Morgan fingerprint density at radius 1 is 0.436 bits per heavy atom. The fourth-order valence-electron chi connectivity index (χ4n) is 9.24. The Kier molecular flexibility index (Phi) is 6.78. The summed E-state index contributed by atoms with van der Waals surface area (Å²) in [5, 5.41) is 5.04. The maximum absolute atomic E-state index is 5.34. The molecule has 0 fully saturated rings. The zero-order valence-electron chi connectivity index (χ0n) is 31.0. The molecule has 0 amide bonds. The van der Waals surface area contributed by atoms with Gasteiger partial charge in [-0.1, -0.05) is 117 Å². The molecule has 0 spiro atoms. The van der Waals surface area contributed by atoms with Crippen LogP contribution in [-0.2, 0) is 5.41 Å². The molecule has 0 atom stereocenters. The van der Waals surface area contributed by atoms with Crippen molar-refractivity contribution in [3.8, 4) is 22.5 Å². The van der Waals surface area contributed by atoms with E-state index in [9.17, 15) is 0 Å². The number of pyridine rings is 1. The van der Waals surface area contributed by atoms with E-state index in [0.717, 1.165) is 39.8 Å². The zero-order chi connectivity index (χ0) is 36.8. The smallest absolute Gasteiger partial charge is 0.137 e. The molecule has 0 aliphatic carbocycles.